The van der Waals surface area contributed by atoms with Gasteiger partial charge in [-0.05, 0) is 24.1 Å². The predicted molar refractivity (Wildman–Crippen MR) is 110 cm³/mol. The number of allylic oxidation sites excluding steroid dienone is 1. The molecule has 0 radical (unpaired) electrons. The van der Waals surface area contributed by atoms with Crippen molar-refractivity contribution in [3.63, 3.8) is 0 Å². The maximum absolute atomic E-state index is 12.8. The van der Waals surface area contributed by atoms with Crippen LogP contribution < -0.4 is 9.47 Å². The molecular weight excluding hydrogens is 368 g/mol. The fraction of sp³-hybridized carbons (Fsp3) is 0.292. The molecule has 0 amide bonds. The highest BCUT2D eigenvalue weighted by Crippen LogP contribution is 2.43. The molecule has 1 unspecified atom stereocenters. The highest BCUT2D eigenvalue weighted by molar-refractivity contribution is 5.99. The third-order valence-electron chi connectivity index (χ3n) is 5.17. The molecule has 4 rings (SSSR count). The van der Waals surface area contributed by atoms with Crippen LogP contribution in [0.1, 0.15) is 30.0 Å². The number of methoxy groups -OCH3 is 1. The normalized spacial score (nSPS) is 17.4. The monoisotopic (exact) mass is 392 g/mol. The Hall–Kier alpha value is -3.21. The molecule has 1 aliphatic heterocycles. The fourth-order valence-corrected chi connectivity index (χ4v) is 3.70. The summed E-state index contributed by atoms with van der Waals surface area (Å²) in [6.07, 6.45) is 4.76. The van der Waals surface area contributed by atoms with Crippen LogP contribution in [0.3, 0.4) is 0 Å². The molecule has 1 atom stereocenters. The van der Waals surface area contributed by atoms with Gasteiger partial charge in [0.1, 0.15) is 25.6 Å². The zero-order valence-electron chi connectivity index (χ0n) is 16.6. The van der Waals surface area contributed by atoms with Gasteiger partial charge in [0, 0.05) is 17.0 Å². The molecule has 5 heteroatoms. The average molecular weight is 392 g/mol. The molecule has 2 aromatic carbocycles. The van der Waals surface area contributed by atoms with E-state index in [1.807, 2.05) is 61.5 Å². The number of carbonyl (C=O) groups excluding carboxylic acids is 1. The zero-order chi connectivity index (χ0) is 20.2. The van der Waals surface area contributed by atoms with E-state index in [1.54, 1.807) is 0 Å². The molecule has 1 aliphatic carbocycles. The lowest BCUT2D eigenvalue weighted by Gasteiger charge is -2.23. The van der Waals surface area contributed by atoms with Gasteiger partial charge in [0.05, 0.1) is 12.7 Å². The van der Waals surface area contributed by atoms with Crippen molar-refractivity contribution in [2.75, 3.05) is 20.3 Å². The number of fused-ring (bicyclic) bond motifs is 3. The van der Waals surface area contributed by atoms with Gasteiger partial charge < -0.3 is 18.9 Å². The quantitative estimate of drug-likeness (QED) is 0.696. The smallest absolute Gasteiger partial charge is 0.338 e. The Bertz CT molecular complexity index is 959. The van der Waals surface area contributed by atoms with Crippen molar-refractivity contribution in [2.24, 2.45) is 5.92 Å². The zero-order valence-corrected chi connectivity index (χ0v) is 16.6. The number of hydrogen-bond acceptors (Lipinski definition) is 5. The third kappa shape index (κ3) is 3.73. The van der Waals surface area contributed by atoms with Crippen LogP contribution in [0.2, 0.25) is 0 Å². The van der Waals surface area contributed by atoms with Gasteiger partial charge in [0.15, 0.2) is 11.5 Å². The van der Waals surface area contributed by atoms with Gasteiger partial charge in [0.25, 0.3) is 0 Å². The van der Waals surface area contributed by atoms with Crippen molar-refractivity contribution in [3.05, 3.63) is 70.8 Å². The largest absolute Gasteiger partial charge is 0.488 e. The molecule has 5 nitrogen and oxygen atoms in total. The van der Waals surface area contributed by atoms with Crippen LogP contribution in [-0.2, 0) is 20.9 Å². The van der Waals surface area contributed by atoms with Gasteiger partial charge in [-0.1, -0.05) is 49.4 Å². The van der Waals surface area contributed by atoms with Crippen LogP contribution in [0.4, 0.5) is 0 Å². The van der Waals surface area contributed by atoms with Gasteiger partial charge in [-0.3, -0.25) is 0 Å². The first-order valence-electron chi connectivity index (χ1n) is 9.83. The molecule has 0 saturated carbocycles. The number of hydrogen-bond donors (Lipinski definition) is 0. The summed E-state index contributed by atoms with van der Waals surface area (Å²) in [6, 6.07) is 13.7. The van der Waals surface area contributed by atoms with Crippen LogP contribution in [-0.4, -0.2) is 26.3 Å². The van der Waals surface area contributed by atoms with E-state index in [-0.39, 0.29) is 11.9 Å². The second-order valence-electron chi connectivity index (χ2n) is 6.93. The van der Waals surface area contributed by atoms with Gasteiger partial charge in [0.2, 0.25) is 0 Å². The van der Waals surface area contributed by atoms with Crippen LogP contribution in [0, 0.1) is 5.92 Å². The molecule has 2 aromatic rings. The molecule has 150 valence electrons. The Morgan fingerprint density at radius 3 is 2.66 bits per heavy atom. The van der Waals surface area contributed by atoms with E-state index in [2.05, 4.69) is 0 Å². The molecule has 0 bridgehead atoms. The van der Waals surface area contributed by atoms with Crippen molar-refractivity contribution >= 4 is 17.8 Å². The third-order valence-corrected chi connectivity index (χ3v) is 5.17. The van der Waals surface area contributed by atoms with Crippen molar-refractivity contribution in [3.8, 4) is 11.5 Å². The number of benzene rings is 2. The van der Waals surface area contributed by atoms with Crippen molar-refractivity contribution in [1.82, 2.24) is 0 Å². The Kier molecular flexibility index (Phi) is 5.56. The molecule has 0 fully saturated rings. The van der Waals surface area contributed by atoms with E-state index in [0.717, 1.165) is 23.1 Å². The highest BCUT2D eigenvalue weighted by Gasteiger charge is 2.31. The Morgan fingerprint density at radius 1 is 1.10 bits per heavy atom. The van der Waals surface area contributed by atoms with E-state index in [0.29, 0.717) is 42.7 Å². The SMILES string of the molecule is CCC1C=Cc2c(ccc3c2OCCO3)C(OCc2ccccc2)=C1C(=O)OC. The summed E-state index contributed by atoms with van der Waals surface area (Å²) in [5.74, 6) is 1.42. The summed E-state index contributed by atoms with van der Waals surface area (Å²) in [4.78, 5) is 12.8. The topological polar surface area (TPSA) is 54.0 Å². The average Bonchev–Trinajstić information content (AvgIpc) is 2.94. The van der Waals surface area contributed by atoms with Gasteiger partial charge in [-0.2, -0.15) is 0 Å². The molecule has 0 aromatic heterocycles. The lowest BCUT2D eigenvalue weighted by Crippen LogP contribution is -2.17. The summed E-state index contributed by atoms with van der Waals surface area (Å²) in [5.41, 5.74) is 3.21. The van der Waals surface area contributed by atoms with Crippen LogP contribution >= 0.6 is 0 Å². The first-order chi connectivity index (χ1) is 14.2. The minimum atomic E-state index is -0.382. The van der Waals surface area contributed by atoms with Gasteiger partial charge >= 0.3 is 5.97 Å². The number of ether oxygens (including phenoxy) is 4. The summed E-state index contributed by atoms with van der Waals surface area (Å²) in [7, 11) is 1.40. The summed E-state index contributed by atoms with van der Waals surface area (Å²) in [6.45, 7) is 3.40. The molecular formula is C24H24O5. The first kappa shape index (κ1) is 19.1. The van der Waals surface area contributed by atoms with E-state index < -0.39 is 0 Å². The maximum atomic E-state index is 12.8. The lowest BCUT2D eigenvalue weighted by molar-refractivity contribution is -0.136. The number of rotatable bonds is 5. The molecule has 29 heavy (non-hydrogen) atoms. The van der Waals surface area contributed by atoms with Gasteiger partial charge in [-0.15, -0.1) is 0 Å². The van der Waals surface area contributed by atoms with Crippen LogP contribution in [0.15, 0.2) is 54.1 Å². The van der Waals surface area contributed by atoms with E-state index in [9.17, 15) is 4.79 Å². The first-order valence-corrected chi connectivity index (χ1v) is 9.83. The second-order valence-corrected chi connectivity index (χ2v) is 6.93. The Morgan fingerprint density at radius 2 is 1.90 bits per heavy atom. The number of carbonyl (C=O) groups is 1. The minimum absolute atomic E-state index is 0.124. The van der Waals surface area contributed by atoms with Crippen molar-refractivity contribution in [2.45, 2.75) is 20.0 Å². The Labute approximate surface area is 170 Å². The van der Waals surface area contributed by atoms with Crippen LogP contribution in [0.25, 0.3) is 11.8 Å². The molecule has 0 N–H and O–H groups in total. The maximum Gasteiger partial charge on any atom is 0.338 e. The highest BCUT2D eigenvalue weighted by atomic mass is 16.6. The molecule has 0 spiro atoms. The minimum Gasteiger partial charge on any atom is -0.488 e. The second kappa shape index (κ2) is 8.43. The fourth-order valence-electron chi connectivity index (χ4n) is 3.70. The predicted octanol–water partition coefficient (Wildman–Crippen LogP) is 4.61. The van der Waals surface area contributed by atoms with E-state index >= 15 is 0 Å². The summed E-state index contributed by atoms with van der Waals surface area (Å²) >= 11 is 0. The van der Waals surface area contributed by atoms with Crippen molar-refractivity contribution in [1.29, 1.82) is 0 Å². The standard InChI is InChI=1S/C24H24O5/c1-3-17-9-10-18-19(11-12-20-22(18)28-14-13-27-20)23(21(17)24(25)26-2)29-15-16-7-5-4-6-8-16/h4-12,17H,3,13-15H2,1-2H3. The molecule has 1 heterocycles. The van der Waals surface area contributed by atoms with Gasteiger partial charge in [-0.25, -0.2) is 4.79 Å². The van der Waals surface area contributed by atoms with Crippen LogP contribution in [0.5, 0.6) is 11.5 Å². The summed E-state index contributed by atoms with van der Waals surface area (Å²) in [5, 5.41) is 0. The van der Waals surface area contributed by atoms with E-state index in [1.165, 1.54) is 7.11 Å². The molecule has 0 saturated heterocycles. The molecule has 2 aliphatic rings. The van der Waals surface area contributed by atoms with Crippen molar-refractivity contribution < 1.29 is 23.7 Å². The van der Waals surface area contributed by atoms with E-state index in [4.69, 9.17) is 18.9 Å². The summed E-state index contributed by atoms with van der Waals surface area (Å²) < 4.78 is 23.0. The Balaban J connectivity index is 1.85. The number of esters is 1. The lowest BCUT2D eigenvalue weighted by atomic mass is 9.94.